The highest BCUT2D eigenvalue weighted by atomic mass is 35.5. The normalized spacial score (nSPS) is 17.9. The minimum Gasteiger partial charge on any atom is -0.355 e. The van der Waals surface area contributed by atoms with Crippen LogP contribution in [0.4, 0.5) is 0 Å². The Bertz CT molecular complexity index is 489. The summed E-state index contributed by atoms with van der Waals surface area (Å²) < 4.78 is 0. The van der Waals surface area contributed by atoms with Gasteiger partial charge < -0.3 is 15.1 Å². The molecule has 0 unspecified atom stereocenters. The molecule has 1 N–H and O–H groups in total. The number of carbonyl (C=O) groups excluding carboxylic acids is 1. The van der Waals surface area contributed by atoms with E-state index in [0.717, 1.165) is 55.6 Å². The quantitative estimate of drug-likeness (QED) is 0.602. The molecule has 4 nitrogen and oxygen atoms in total. The fraction of sp³-hybridized carbons (Fsp3) is 0.588. The zero-order chi connectivity index (χ0) is 16.7. The molecule has 0 radical (unpaired) electrons. The van der Waals surface area contributed by atoms with Gasteiger partial charge in [-0.15, -0.1) is 11.8 Å². The average Bonchev–Trinajstić information content (AvgIpc) is 2.55. The van der Waals surface area contributed by atoms with Gasteiger partial charge in [-0.2, -0.15) is 0 Å². The summed E-state index contributed by atoms with van der Waals surface area (Å²) in [5, 5.41) is 3.66. The molecule has 128 valence electrons. The number of amides is 1. The van der Waals surface area contributed by atoms with E-state index in [9.17, 15) is 4.79 Å². The van der Waals surface area contributed by atoms with Crippen LogP contribution in [0.25, 0.3) is 0 Å². The SMILES string of the molecule is C[C@@H](Sc1ccc(Cl)cc1)C(=O)NCCCN1CCN(C)CC1. The number of halogens is 1. The second kappa shape index (κ2) is 9.52. The number of benzene rings is 1. The van der Waals surface area contributed by atoms with E-state index in [4.69, 9.17) is 11.6 Å². The van der Waals surface area contributed by atoms with Crippen molar-refractivity contribution >= 4 is 29.3 Å². The lowest BCUT2D eigenvalue weighted by Gasteiger charge is -2.32. The lowest BCUT2D eigenvalue weighted by atomic mass is 10.3. The van der Waals surface area contributed by atoms with E-state index in [1.807, 2.05) is 31.2 Å². The van der Waals surface area contributed by atoms with Gasteiger partial charge in [0.2, 0.25) is 5.91 Å². The number of thioether (sulfide) groups is 1. The van der Waals surface area contributed by atoms with Crippen LogP contribution < -0.4 is 5.32 Å². The van der Waals surface area contributed by atoms with Gasteiger partial charge in [0.25, 0.3) is 0 Å². The Balaban J connectivity index is 1.61. The van der Waals surface area contributed by atoms with Crippen LogP contribution in [0.2, 0.25) is 5.02 Å². The van der Waals surface area contributed by atoms with Crippen molar-refractivity contribution in [2.45, 2.75) is 23.5 Å². The predicted octanol–water partition coefficient (Wildman–Crippen LogP) is 2.57. The standard InChI is InChI=1S/C17H26ClN3OS/c1-14(23-16-6-4-15(18)5-7-16)17(22)19-8-3-9-21-12-10-20(2)11-13-21/h4-7,14H,3,8-13H2,1-2H3,(H,19,22)/t14-/m1/s1. The fourth-order valence-corrected chi connectivity index (χ4v) is 3.52. The van der Waals surface area contributed by atoms with Gasteiger partial charge in [0, 0.05) is 42.6 Å². The first-order valence-electron chi connectivity index (χ1n) is 8.15. The van der Waals surface area contributed by atoms with Crippen molar-refractivity contribution in [3.05, 3.63) is 29.3 Å². The lowest BCUT2D eigenvalue weighted by molar-refractivity contribution is -0.120. The van der Waals surface area contributed by atoms with E-state index in [0.29, 0.717) is 0 Å². The number of hydrogen-bond acceptors (Lipinski definition) is 4. The number of piperazine rings is 1. The van der Waals surface area contributed by atoms with Gasteiger partial charge in [-0.3, -0.25) is 4.79 Å². The first kappa shape index (κ1) is 18.6. The summed E-state index contributed by atoms with van der Waals surface area (Å²) in [7, 11) is 2.16. The summed E-state index contributed by atoms with van der Waals surface area (Å²) >= 11 is 7.43. The Morgan fingerprint density at radius 2 is 1.91 bits per heavy atom. The Morgan fingerprint density at radius 3 is 2.57 bits per heavy atom. The monoisotopic (exact) mass is 355 g/mol. The van der Waals surface area contributed by atoms with Crippen LogP contribution in [0.5, 0.6) is 0 Å². The average molecular weight is 356 g/mol. The first-order valence-corrected chi connectivity index (χ1v) is 9.41. The molecular formula is C17H26ClN3OS. The second-order valence-electron chi connectivity index (χ2n) is 6.00. The maximum Gasteiger partial charge on any atom is 0.233 e. The van der Waals surface area contributed by atoms with Gasteiger partial charge in [-0.05, 0) is 51.2 Å². The van der Waals surface area contributed by atoms with Gasteiger partial charge in [-0.25, -0.2) is 0 Å². The fourth-order valence-electron chi connectivity index (χ4n) is 2.50. The number of nitrogens with one attached hydrogen (secondary N) is 1. The van der Waals surface area contributed by atoms with E-state index in [2.05, 4.69) is 22.2 Å². The highest BCUT2D eigenvalue weighted by molar-refractivity contribution is 8.00. The highest BCUT2D eigenvalue weighted by Gasteiger charge is 2.15. The number of hydrogen-bond donors (Lipinski definition) is 1. The van der Waals surface area contributed by atoms with Crippen LogP contribution in [-0.4, -0.2) is 67.3 Å². The first-order chi connectivity index (χ1) is 11.0. The Kier molecular flexibility index (Phi) is 7.70. The lowest BCUT2D eigenvalue weighted by Crippen LogP contribution is -2.45. The highest BCUT2D eigenvalue weighted by Crippen LogP contribution is 2.24. The molecule has 2 rings (SSSR count). The largest absolute Gasteiger partial charge is 0.355 e. The summed E-state index contributed by atoms with van der Waals surface area (Å²) in [5.41, 5.74) is 0. The molecule has 0 saturated carbocycles. The molecule has 0 aliphatic carbocycles. The molecule has 0 aromatic heterocycles. The molecule has 1 aliphatic rings. The van der Waals surface area contributed by atoms with Crippen molar-refractivity contribution in [2.75, 3.05) is 46.3 Å². The second-order valence-corrected chi connectivity index (χ2v) is 7.85. The Morgan fingerprint density at radius 1 is 1.26 bits per heavy atom. The van der Waals surface area contributed by atoms with E-state index in [-0.39, 0.29) is 11.2 Å². The van der Waals surface area contributed by atoms with Gasteiger partial charge in [0.1, 0.15) is 0 Å². The zero-order valence-corrected chi connectivity index (χ0v) is 15.5. The van der Waals surface area contributed by atoms with Crippen LogP contribution in [0.1, 0.15) is 13.3 Å². The van der Waals surface area contributed by atoms with Gasteiger partial charge >= 0.3 is 0 Å². The minimum atomic E-state index is -0.0974. The molecule has 1 aromatic rings. The summed E-state index contributed by atoms with van der Waals surface area (Å²) in [6, 6.07) is 7.60. The third-order valence-corrected chi connectivity index (χ3v) is 5.41. The van der Waals surface area contributed by atoms with Crippen molar-refractivity contribution in [3.8, 4) is 0 Å². The molecule has 6 heteroatoms. The molecule has 0 spiro atoms. The summed E-state index contributed by atoms with van der Waals surface area (Å²) in [4.78, 5) is 18.0. The van der Waals surface area contributed by atoms with Gasteiger partial charge in [0.05, 0.1) is 5.25 Å². The number of carbonyl (C=O) groups is 1. The molecule has 1 amide bonds. The molecule has 1 heterocycles. The summed E-state index contributed by atoms with van der Waals surface area (Å²) in [5.74, 6) is 0.100. The molecule has 0 bridgehead atoms. The van der Waals surface area contributed by atoms with E-state index >= 15 is 0 Å². The maximum absolute atomic E-state index is 12.1. The molecule has 1 atom stereocenters. The smallest absolute Gasteiger partial charge is 0.233 e. The summed E-state index contributed by atoms with van der Waals surface area (Å²) in [6.45, 7) is 8.29. The van der Waals surface area contributed by atoms with E-state index < -0.39 is 0 Å². The molecule has 1 aromatic carbocycles. The van der Waals surface area contributed by atoms with Crippen molar-refractivity contribution in [2.24, 2.45) is 0 Å². The Labute approximate surface area is 148 Å². The van der Waals surface area contributed by atoms with Crippen molar-refractivity contribution in [3.63, 3.8) is 0 Å². The van der Waals surface area contributed by atoms with Crippen LogP contribution in [0.15, 0.2) is 29.2 Å². The molecule has 23 heavy (non-hydrogen) atoms. The number of likely N-dealkylation sites (N-methyl/N-ethyl adjacent to an activating group) is 1. The minimum absolute atomic E-state index is 0.0974. The van der Waals surface area contributed by atoms with Crippen LogP contribution >= 0.6 is 23.4 Å². The van der Waals surface area contributed by atoms with E-state index in [1.165, 1.54) is 0 Å². The summed E-state index contributed by atoms with van der Waals surface area (Å²) in [6.07, 6.45) is 1.01. The zero-order valence-electron chi connectivity index (χ0n) is 13.9. The topological polar surface area (TPSA) is 35.6 Å². The molecule has 1 aliphatic heterocycles. The molecular weight excluding hydrogens is 330 g/mol. The van der Waals surface area contributed by atoms with Crippen LogP contribution in [0.3, 0.4) is 0 Å². The third-order valence-electron chi connectivity index (χ3n) is 4.04. The van der Waals surface area contributed by atoms with E-state index in [1.54, 1.807) is 11.8 Å². The van der Waals surface area contributed by atoms with Crippen molar-refractivity contribution in [1.29, 1.82) is 0 Å². The number of rotatable bonds is 7. The van der Waals surface area contributed by atoms with Crippen molar-refractivity contribution in [1.82, 2.24) is 15.1 Å². The molecule has 1 fully saturated rings. The van der Waals surface area contributed by atoms with Crippen LogP contribution in [-0.2, 0) is 4.79 Å². The maximum atomic E-state index is 12.1. The number of nitrogens with zero attached hydrogens (tertiary/aromatic N) is 2. The Hall–Kier alpha value is -0.750. The molecule has 1 saturated heterocycles. The third kappa shape index (κ3) is 6.71. The van der Waals surface area contributed by atoms with Gasteiger partial charge in [0.15, 0.2) is 0 Å². The van der Waals surface area contributed by atoms with Gasteiger partial charge in [-0.1, -0.05) is 11.6 Å². The van der Waals surface area contributed by atoms with Crippen molar-refractivity contribution < 1.29 is 4.79 Å². The predicted molar refractivity (Wildman–Crippen MR) is 98.3 cm³/mol. The van der Waals surface area contributed by atoms with Crippen LogP contribution in [0, 0.1) is 0 Å².